The molecule has 3 N–H and O–H groups in total. The van der Waals surface area contributed by atoms with Crippen LogP contribution in [-0.2, 0) is 4.79 Å². The van der Waals surface area contributed by atoms with E-state index < -0.39 is 23.0 Å². The monoisotopic (exact) mass is 251 g/mol. The SMILES string of the molecule is CC(NC(=O)c1c[nH]c(=O)cn1)(C(=O)O)C1CC1. The van der Waals surface area contributed by atoms with E-state index in [1.165, 1.54) is 6.92 Å². The number of aromatic nitrogens is 2. The highest BCUT2D eigenvalue weighted by molar-refractivity contribution is 5.96. The van der Waals surface area contributed by atoms with Crippen LogP contribution in [0, 0.1) is 5.92 Å². The summed E-state index contributed by atoms with van der Waals surface area (Å²) in [4.78, 5) is 39.9. The lowest BCUT2D eigenvalue weighted by Gasteiger charge is -2.25. The number of hydrogen-bond donors (Lipinski definition) is 3. The van der Waals surface area contributed by atoms with Crippen molar-refractivity contribution in [1.82, 2.24) is 15.3 Å². The van der Waals surface area contributed by atoms with Gasteiger partial charge in [0.25, 0.3) is 11.5 Å². The highest BCUT2D eigenvalue weighted by Crippen LogP contribution is 2.39. The van der Waals surface area contributed by atoms with E-state index in [0.717, 1.165) is 25.2 Å². The van der Waals surface area contributed by atoms with E-state index in [0.29, 0.717) is 0 Å². The van der Waals surface area contributed by atoms with Crippen molar-refractivity contribution in [1.29, 1.82) is 0 Å². The molecule has 18 heavy (non-hydrogen) atoms. The minimum atomic E-state index is -1.28. The zero-order valence-electron chi connectivity index (χ0n) is 9.77. The number of carbonyl (C=O) groups is 2. The molecule has 0 bridgehead atoms. The molecule has 1 amide bonds. The van der Waals surface area contributed by atoms with Gasteiger partial charge in [-0.2, -0.15) is 0 Å². The second-order valence-corrected chi connectivity index (χ2v) is 4.53. The predicted octanol–water partition coefficient (Wildman–Crippen LogP) is -0.247. The molecule has 1 aromatic heterocycles. The average molecular weight is 251 g/mol. The third-order valence-corrected chi connectivity index (χ3v) is 3.12. The van der Waals surface area contributed by atoms with Crippen LogP contribution in [0.25, 0.3) is 0 Å². The summed E-state index contributed by atoms with van der Waals surface area (Å²) in [5.41, 5.74) is -1.72. The van der Waals surface area contributed by atoms with Gasteiger partial charge in [-0.25, -0.2) is 9.78 Å². The van der Waals surface area contributed by atoms with Gasteiger partial charge in [-0.05, 0) is 25.7 Å². The van der Waals surface area contributed by atoms with E-state index in [2.05, 4.69) is 15.3 Å². The summed E-state index contributed by atoms with van der Waals surface area (Å²) in [6, 6.07) is 0. The number of aromatic amines is 1. The van der Waals surface area contributed by atoms with Crippen molar-refractivity contribution in [2.75, 3.05) is 0 Å². The van der Waals surface area contributed by atoms with Crippen LogP contribution < -0.4 is 10.9 Å². The number of H-pyrrole nitrogens is 1. The first-order valence-corrected chi connectivity index (χ1v) is 5.54. The minimum Gasteiger partial charge on any atom is -0.480 e. The molecule has 7 nitrogen and oxygen atoms in total. The predicted molar refractivity (Wildman–Crippen MR) is 61.1 cm³/mol. The molecule has 1 unspecified atom stereocenters. The molecule has 7 heteroatoms. The molecule has 1 fully saturated rings. The van der Waals surface area contributed by atoms with Gasteiger partial charge in [-0.15, -0.1) is 0 Å². The van der Waals surface area contributed by atoms with Crippen LogP contribution in [0.15, 0.2) is 17.2 Å². The van der Waals surface area contributed by atoms with Crippen molar-refractivity contribution >= 4 is 11.9 Å². The standard InChI is InChI=1S/C11H13N3O4/c1-11(10(17)18,6-2-3-6)14-9(16)7-4-13-8(15)5-12-7/h4-6H,2-3H2,1H3,(H,13,15)(H,14,16)(H,17,18). The number of carbonyl (C=O) groups excluding carboxylic acids is 1. The smallest absolute Gasteiger partial charge is 0.329 e. The Morgan fingerprint density at radius 3 is 2.67 bits per heavy atom. The van der Waals surface area contributed by atoms with Crippen molar-refractivity contribution in [3.05, 3.63) is 28.4 Å². The molecular formula is C11H13N3O4. The number of amides is 1. The zero-order chi connectivity index (χ0) is 13.3. The normalized spacial score (nSPS) is 17.8. The summed E-state index contributed by atoms with van der Waals surface area (Å²) in [6.07, 6.45) is 3.70. The Bertz CT molecular complexity index is 529. The summed E-state index contributed by atoms with van der Waals surface area (Å²) < 4.78 is 0. The van der Waals surface area contributed by atoms with Crippen molar-refractivity contribution < 1.29 is 14.7 Å². The maximum Gasteiger partial charge on any atom is 0.329 e. The third kappa shape index (κ3) is 2.24. The van der Waals surface area contributed by atoms with E-state index in [9.17, 15) is 19.5 Å². The average Bonchev–Trinajstić information content (AvgIpc) is 3.13. The van der Waals surface area contributed by atoms with Gasteiger partial charge in [0.2, 0.25) is 0 Å². The number of rotatable bonds is 4. The fraction of sp³-hybridized carbons (Fsp3) is 0.455. The molecule has 0 aliphatic heterocycles. The summed E-state index contributed by atoms with van der Waals surface area (Å²) in [5.74, 6) is -1.73. The van der Waals surface area contributed by atoms with Gasteiger partial charge >= 0.3 is 5.97 Å². The molecule has 1 aliphatic rings. The Morgan fingerprint density at radius 1 is 1.56 bits per heavy atom. The van der Waals surface area contributed by atoms with E-state index in [1.54, 1.807) is 0 Å². The number of nitrogens with one attached hydrogen (secondary N) is 2. The Hall–Kier alpha value is -2.18. The maximum absolute atomic E-state index is 11.8. The molecule has 0 aromatic carbocycles. The van der Waals surface area contributed by atoms with Gasteiger partial charge in [0.1, 0.15) is 11.2 Å². The Labute approximate surface area is 102 Å². The molecule has 0 radical (unpaired) electrons. The molecule has 1 atom stereocenters. The molecular weight excluding hydrogens is 238 g/mol. The number of carboxylic acids is 1. The summed E-state index contributed by atoms with van der Waals surface area (Å²) in [6.45, 7) is 1.48. The number of hydrogen-bond acceptors (Lipinski definition) is 4. The van der Waals surface area contributed by atoms with Gasteiger partial charge in [0.15, 0.2) is 0 Å². The van der Waals surface area contributed by atoms with E-state index in [4.69, 9.17) is 0 Å². The molecule has 1 heterocycles. The third-order valence-electron chi connectivity index (χ3n) is 3.12. The van der Waals surface area contributed by atoms with Crippen molar-refractivity contribution in [3.63, 3.8) is 0 Å². The number of aliphatic carboxylic acids is 1. The highest BCUT2D eigenvalue weighted by atomic mass is 16.4. The molecule has 0 spiro atoms. The van der Waals surface area contributed by atoms with Gasteiger partial charge in [-0.1, -0.05) is 0 Å². The fourth-order valence-corrected chi connectivity index (χ4v) is 1.76. The lowest BCUT2D eigenvalue weighted by molar-refractivity contribution is -0.144. The zero-order valence-corrected chi connectivity index (χ0v) is 9.77. The van der Waals surface area contributed by atoms with E-state index in [-0.39, 0.29) is 11.6 Å². The number of nitrogens with zero attached hydrogens (tertiary/aromatic N) is 1. The molecule has 96 valence electrons. The maximum atomic E-state index is 11.8. The quantitative estimate of drug-likeness (QED) is 0.683. The van der Waals surface area contributed by atoms with Gasteiger partial charge in [-0.3, -0.25) is 9.59 Å². The molecule has 2 rings (SSSR count). The van der Waals surface area contributed by atoms with Crippen LogP contribution in [0.3, 0.4) is 0 Å². The van der Waals surface area contributed by atoms with Gasteiger partial charge in [0, 0.05) is 6.20 Å². The van der Waals surface area contributed by atoms with E-state index >= 15 is 0 Å². The van der Waals surface area contributed by atoms with Crippen LogP contribution in [0.5, 0.6) is 0 Å². The van der Waals surface area contributed by atoms with Crippen molar-refractivity contribution in [2.45, 2.75) is 25.3 Å². The Balaban J connectivity index is 2.17. The molecule has 1 saturated carbocycles. The first-order chi connectivity index (χ1) is 8.43. The number of carboxylic acid groups (broad SMARTS) is 1. The van der Waals surface area contributed by atoms with Gasteiger partial charge in [0.05, 0.1) is 6.20 Å². The first-order valence-electron chi connectivity index (χ1n) is 5.54. The topological polar surface area (TPSA) is 112 Å². The highest BCUT2D eigenvalue weighted by Gasteiger charge is 2.48. The minimum absolute atomic E-state index is 0.0114. The Kier molecular flexibility index (Phi) is 2.90. The second kappa shape index (κ2) is 4.25. The van der Waals surface area contributed by atoms with Crippen LogP contribution in [0.4, 0.5) is 0 Å². The van der Waals surface area contributed by atoms with Crippen molar-refractivity contribution in [3.8, 4) is 0 Å². The molecule has 1 aliphatic carbocycles. The second-order valence-electron chi connectivity index (χ2n) is 4.53. The lowest BCUT2D eigenvalue weighted by atomic mass is 9.96. The first kappa shape index (κ1) is 12.3. The summed E-state index contributed by atoms with van der Waals surface area (Å²) in [7, 11) is 0. The molecule has 1 aromatic rings. The lowest BCUT2D eigenvalue weighted by Crippen LogP contribution is -2.54. The summed E-state index contributed by atoms with van der Waals surface area (Å²) >= 11 is 0. The summed E-state index contributed by atoms with van der Waals surface area (Å²) in [5, 5.41) is 11.7. The van der Waals surface area contributed by atoms with Crippen LogP contribution in [-0.4, -0.2) is 32.5 Å². The van der Waals surface area contributed by atoms with Crippen LogP contribution >= 0.6 is 0 Å². The van der Waals surface area contributed by atoms with Crippen LogP contribution in [0.2, 0.25) is 0 Å². The van der Waals surface area contributed by atoms with Gasteiger partial charge < -0.3 is 15.4 Å². The van der Waals surface area contributed by atoms with Crippen LogP contribution in [0.1, 0.15) is 30.3 Å². The van der Waals surface area contributed by atoms with E-state index in [1.807, 2.05) is 0 Å². The fourth-order valence-electron chi connectivity index (χ4n) is 1.76. The largest absolute Gasteiger partial charge is 0.480 e. The van der Waals surface area contributed by atoms with Crippen molar-refractivity contribution in [2.24, 2.45) is 5.92 Å². The Morgan fingerprint density at radius 2 is 2.22 bits per heavy atom. The molecule has 0 saturated heterocycles.